The Morgan fingerprint density at radius 3 is 2.81 bits per heavy atom. The molecule has 1 radical (unpaired) electrons. The number of fused-ring (bicyclic) bond motifs is 1. The number of ether oxygens (including phenoxy) is 1. The van der Waals surface area contributed by atoms with Gasteiger partial charge in [-0.25, -0.2) is 5.32 Å². The molecule has 2 nitrogen and oxygen atoms in total. The lowest BCUT2D eigenvalue weighted by atomic mass is 10.0. The van der Waals surface area contributed by atoms with E-state index in [0.717, 1.165) is 24.1 Å². The first-order valence-electron chi connectivity index (χ1n) is 4.99. The van der Waals surface area contributed by atoms with E-state index in [1.54, 1.807) is 18.2 Å². The second-order valence-corrected chi connectivity index (χ2v) is 3.69. The Balaban J connectivity index is 2.06. The van der Waals surface area contributed by atoms with Crippen LogP contribution in [0.3, 0.4) is 0 Å². The Hall–Kier alpha value is -1.23. The van der Waals surface area contributed by atoms with E-state index in [9.17, 15) is 13.2 Å². The maximum absolute atomic E-state index is 11.9. The molecule has 0 amide bonds. The zero-order valence-corrected chi connectivity index (χ0v) is 8.55. The molecule has 0 unspecified atom stereocenters. The van der Waals surface area contributed by atoms with Gasteiger partial charge in [0.15, 0.2) is 6.61 Å². The summed E-state index contributed by atoms with van der Waals surface area (Å²) in [6.45, 7) is 0.140. The molecule has 0 saturated carbocycles. The predicted molar refractivity (Wildman–Crippen MR) is 52.4 cm³/mol. The fourth-order valence-corrected chi connectivity index (χ4v) is 1.64. The zero-order valence-electron chi connectivity index (χ0n) is 8.55. The Labute approximate surface area is 91.4 Å². The molecule has 0 bridgehead atoms. The van der Waals surface area contributed by atoms with Gasteiger partial charge in [-0.1, -0.05) is 6.07 Å². The van der Waals surface area contributed by atoms with E-state index in [1.165, 1.54) is 0 Å². The lowest BCUT2D eigenvalue weighted by Gasteiger charge is -2.17. The molecule has 0 N–H and O–H groups in total. The highest BCUT2D eigenvalue weighted by Crippen LogP contribution is 2.23. The summed E-state index contributed by atoms with van der Waals surface area (Å²) >= 11 is 0. The van der Waals surface area contributed by atoms with Crippen molar-refractivity contribution in [3.63, 3.8) is 0 Å². The number of hydrogen-bond donors (Lipinski definition) is 0. The second-order valence-electron chi connectivity index (χ2n) is 3.69. The summed E-state index contributed by atoms with van der Waals surface area (Å²) in [5.41, 5.74) is 2.11. The largest absolute Gasteiger partial charge is 0.484 e. The van der Waals surface area contributed by atoms with Crippen LogP contribution in [0.1, 0.15) is 11.1 Å². The third-order valence-electron chi connectivity index (χ3n) is 2.40. The van der Waals surface area contributed by atoms with Gasteiger partial charge < -0.3 is 4.74 Å². The van der Waals surface area contributed by atoms with Crippen LogP contribution in [0.15, 0.2) is 18.2 Å². The molecule has 87 valence electrons. The van der Waals surface area contributed by atoms with E-state index in [-0.39, 0.29) is 5.75 Å². The minimum atomic E-state index is -4.29. The summed E-state index contributed by atoms with van der Waals surface area (Å²) in [7, 11) is 0. The van der Waals surface area contributed by atoms with Crippen LogP contribution in [0, 0.1) is 0 Å². The zero-order chi connectivity index (χ0) is 11.6. The van der Waals surface area contributed by atoms with Crippen molar-refractivity contribution >= 4 is 0 Å². The number of alkyl halides is 3. The van der Waals surface area contributed by atoms with E-state index in [1.807, 2.05) is 0 Å². The highest BCUT2D eigenvalue weighted by Gasteiger charge is 2.28. The number of nitrogens with zero attached hydrogens (tertiary/aromatic N) is 1. The van der Waals surface area contributed by atoms with Gasteiger partial charge in [-0.2, -0.15) is 13.2 Å². The number of rotatable bonds is 2. The molecular formula is C11H11F3NO. The molecule has 0 spiro atoms. The Morgan fingerprint density at radius 1 is 1.25 bits per heavy atom. The molecule has 16 heavy (non-hydrogen) atoms. The van der Waals surface area contributed by atoms with Crippen molar-refractivity contribution in [3.8, 4) is 5.75 Å². The molecule has 0 atom stereocenters. The summed E-state index contributed by atoms with van der Waals surface area (Å²) in [4.78, 5) is 0. The third-order valence-corrected chi connectivity index (χ3v) is 2.40. The van der Waals surface area contributed by atoms with Gasteiger partial charge in [0.25, 0.3) is 0 Å². The molecule has 1 aromatic carbocycles. The lowest BCUT2D eigenvalue weighted by molar-refractivity contribution is -0.153. The van der Waals surface area contributed by atoms with E-state index < -0.39 is 12.8 Å². The Bertz CT molecular complexity index is 376. The summed E-state index contributed by atoms with van der Waals surface area (Å²) in [6, 6.07) is 5.02. The Kier molecular flexibility index (Phi) is 3.05. The van der Waals surface area contributed by atoms with Crippen molar-refractivity contribution in [1.82, 2.24) is 5.32 Å². The van der Waals surface area contributed by atoms with Crippen LogP contribution < -0.4 is 10.1 Å². The summed E-state index contributed by atoms with van der Waals surface area (Å²) in [5, 5.41) is 4.21. The SMILES string of the molecule is FC(F)(F)COc1ccc2c(c1)CC[N]C2. The number of benzene rings is 1. The van der Waals surface area contributed by atoms with Crippen molar-refractivity contribution in [2.45, 2.75) is 19.1 Å². The molecule has 5 heteroatoms. The molecule has 0 fully saturated rings. The first-order chi connectivity index (χ1) is 7.54. The van der Waals surface area contributed by atoms with Crippen LogP contribution in [0.5, 0.6) is 5.75 Å². The van der Waals surface area contributed by atoms with E-state index in [0.29, 0.717) is 6.54 Å². The molecule has 0 aliphatic carbocycles. The monoisotopic (exact) mass is 230 g/mol. The Morgan fingerprint density at radius 2 is 2.06 bits per heavy atom. The van der Waals surface area contributed by atoms with Crippen LogP contribution in [0.25, 0.3) is 0 Å². The fraction of sp³-hybridized carbons (Fsp3) is 0.455. The molecule has 0 aromatic heterocycles. The highest BCUT2D eigenvalue weighted by atomic mass is 19.4. The molecular weight excluding hydrogens is 219 g/mol. The highest BCUT2D eigenvalue weighted by molar-refractivity contribution is 5.37. The molecule has 1 aliphatic heterocycles. The van der Waals surface area contributed by atoms with Crippen LogP contribution in [-0.2, 0) is 13.0 Å². The van der Waals surface area contributed by atoms with Gasteiger partial charge in [-0.3, -0.25) is 0 Å². The summed E-state index contributed by atoms with van der Waals surface area (Å²) in [6.07, 6.45) is -3.51. The standard InChI is InChI=1S/C11H11F3NO/c12-11(13,14)7-16-10-2-1-9-6-15-4-3-8(9)5-10/h1-2,5H,3-4,6-7H2. The molecule has 1 aromatic rings. The van der Waals surface area contributed by atoms with Gasteiger partial charge in [-0.05, 0) is 29.7 Å². The van der Waals surface area contributed by atoms with Gasteiger partial charge in [0.1, 0.15) is 5.75 Å². The molecule has 1 heterocycles. The van der Waals surface area contributed by atoms with Gasteiger partial charge in [0, 0.05) is 13.1 Å². The number of hydrogen-bond acceptors (Lipinski definition) is 1. The van der Waals surface area contributed by atoms with Crippen molar-refractivity contribution in [2.24, 2.45) is 0 Å². The lowest BCUT2D eigenvalue weighted by Crippen LogP contribution is -2.20. The van der Waals surface area contributed by atoms with Crippen LogP contribution in [-0.4, -0.2) is 19.3 Å². The maximum Gasteiger partial charge on any atom is 0.422 e. The van der Waals surface area contributed by atoms with E-state index in [2.05, 4.69) is 10.1 Å². The third kappa shape index (κ3) is 2.88. The molecule has 0 saturated heterocycles. The van der Waals surface area contributed by atoms with Crippen LogP contribution in [0.2, 0.25) is 0 Å². The van der Waals surface area contributed by atoms with Crippen molar-refractivity contribution < 1.29 is 17.9 Å². The first kappa shape index (κ1) is 11.3. The normalized spacial score (nSPS) is 15.7. The average Bonchev–Trinajstić information content (AvgIpc) is 2.25. The number of halogens is 3. The van der Waals surface area contributed by atoms with Gasteiger partial charge in [-0.15, -0.1) is 0 Å². The van der Waals surface area contributed by atoms with Gasteiger partial charge in [0.2, 0.25) is 0 Å². The van der Waals surface area contributed by atoms with Crippen molar-refractivity contribution in [2.75, 3.05) is 13.2 Å². The van der Waals surface area contributed by atoms with Crippen molar-refractivity contribution in [3.05, 3.63) is 29.3 Å². The summed E-state index contributed by atoms with van der Waals surface area (Å²) < 4.78 is 40.5. The topological polar surface area (TPSA) is 23.3 Å². The van der Waals surface area contributed by atoms with Crippen LogP contribution in [0.4, 0.5) is 13.2 Å². The van der Waals surface area contributed by atoms with Gasteiger partial charge in [0.05, 0.1) is 0 Å². The maximum atomic E-state index is 11.9. The summed E-state index contributed by atoms with van der Waals surface area (Å²) in [5.74, 6) is 0.276. The molecule has 2 rings (SSSR count). The van der Waals surface area contributed by atoms with Crippen molar-refractivity contribution in [1.29, 1.82) is 0 Å². The molecule has 1 aliphatic rings. The first-order valence-corrected chi connectivity index (χ1v) is 4.99. The quantitative estimate of drug-likeness (QED) is 0.764. The van der Waals surface area contributed by atoms with E-state index >= 15 is 0 Å². The minimum absolute atomic E-state index is 0.276. The minimum Gasteiger partial charge on any atom is -0.484 e. The van der Waals surface area contributed by atoms with Gasteiger partial charge >= 0.3 is 6.18 Å². The van der Waals surface area contributed by atoms with Crippen LogP contribution >= 0.6 is 0 Å². The average molecular weight is 230 g/mol. The second kappa shape index (κ2) is 4.33. The smallest absolute Gasteiger partial charge is 0.422 e. The van der Waals surface area contributed by atoms with E-state index in [4.69, 9.17) is 0 Å². The predicted octanol–water partition coefficient (Wildman–Crippen LogP) is 2.29. The fourth-order valence-electron chi connectivity index (χ4n) is 1.64.